The second kappa shape index (κ2) is 4.45. The molecule has 1 heterocycles. The second-order valence-electron chi connectivity index (χ2n) is 6.57. The molecule has 1 aliphatic heterocycles. The first-order valence-electron chi connectivity index (χ1n) is 6.69. The SMILES string of the molecule is Cc1cc(C(C)(C)C)cc(C)c1CC1CNC1. The van der Waals surface area contributed by atoms with Crippen molar-refractivity contribution in [2.45, 2.75) is 46.5 Å². The lowest BCUT2D eigenvalue weighted by Gasteiger charge is -2.29. The van der Waals surface area contributed by atoms with E-state index in [9.17, 15) is 0 Å². The molecule has 1 saturated heterocycles. The van der Waals surface area contributed by atoms with E-state index in [1.165, 1.54) is 36.2 Å². The highest BCUT2D eigenvalue weighted by molar-refractivity contribution is 5.40. The van der Waals surface area contributed by atoms with Crippen molar-refractivity contribution in [3.63, 3.8) is 0 Å². The quantitative estimate of drug-likeness (QED) is 0.823. The van der Waals surface area contributed by atoms with Crippen LogP contribution in [-0.4, -0.2) is 13.1 Å². The minimum absolute atomic E-state index is 0.256. The van der Waals surface area contributed by atoms with Crippen LogP contribution < -0.4 is 5.32 Å². The highest BCUT2D eigenvalue weighted by Crippen LogP contribution is 2.28. The van der Waals surface area contributed by atoms with Crippen molar-refractivity contribution < 1.29 is 0 Å². The first-order chi connectivity index (χ1) is 7.88. The van der Waals surface area contributed by atoms with Gasteiger partial charge in [0.2, 0.25) is 0 Å². The Morgan fingerprint density at radius 2 is 1.65 bits per heavy atom. The molecule has 1 fully saturated rings. The standard InChI is InChI=1S/C16H25N/c1-11-6-14(16(3,4)5)7-12(2)15(11)8-13-9-17-10-13/h6-7,13,17H,8-10H2,1-5H3. The fourth-order valence-corrected chi connectivity index (χ4v) is 2.53. The summed E-state index contributed by atoms with van der Waals surface area (Å²) < 4.78 is 0. The van der Waals surface area contributed by atoms with Gasteiger partial charge in [-0.1, -0.05) is 32.9 Å². The lowest BCUT2D eigenvalue weighted by Crippen LogP contribution is -2.43. The van der Waals surface area contributed by atoms with Gasteiger partial charge in [0, 0.05) is 0 Å². The normalized spacial score (nSPS) is 17.0. The van der Waals surface area contributed by atoms with Gasteiger partial charge in [0.1, 0.15) is 0 Å². The Labute approximate surface area is 106 Å². The predicted octanol–water partition coefficient (Wildman–Crippen LogP) is 3.36. The number of benzene rings is 1. The van der Waals surface area contributed by atoms with Gasteiger partial charge in [-0.3, -0.25) is 0 Å². The molecule has 1 nitrogen and oxygen atoms in total. The van der Waals surface area contributed by atoms with Crippen LogP contribution in [0.25, 0.3) is 0 Å². The van der Waals surface area contributed by atoms with Crippen LogP contribution in [0.4, 0.5) is 0 Å². The van der Waals surface area contributed by atoms with Crippen LogP contribution in [-0.2, 0) is 11.8 Å². The lowest BCUT2D eigenvalue weighted by atomic mass is 9.82. The van der Waals surface area contributed by atoms with Crippen LogP contribution in [0.5, 0.6) is 0 Å². The second-order valence-corrected chi connectivity index (χ2v) is 6.57. The molecule has 17 heavy (non-hydrogen) atoms. The fourth-order valence-electron chi connectivity index (χ4n) is 2.53. The van der Waals surface area contributed by atoms with E-state index < -0.39 is 0 Å². The van der Waals surface area contributed by atoms with E-state index in [2.05, 4.69) is 52.1 Å². The molecule has 0 aromatic heterocycles. The molecule has 0 aliphatic carbocycles. The molecule has 0 atom stereocenters. The largest absolute Gasteiger partial charge is 0.316 e. The van der Waals surface area contributed by atoms with Gasteiger partial charge in [0.05, 0.1) is 0 Å². The molecule has 1 aromatic carbocycles. The number of hydrogen-bond acceptors (Lipinski definition) is 1. The summed E-state index contributed by atoms with van der Waals surface area (Å²) in [6.07, 6.45) is 1.25. The monoisotopic (exact) mass is 231 g/mol. The van der Waals surface area contributed by atoms with Gasteiger partial charge in [-0.05, 0) is 66.9 Å². The molecule has 0 saturated carbocycles. The zero-order valence-corrected chi connectivity index (χ0v) is 11.9. The van der Waals surface area contributed by atoms with Crippen molar-refractivity contribution >= 4 is 0 Å². The molecule has 1 aromatic rings. The smallest absolute Gasteiger partial charge is 0.000506 e. The molecule has 2 rings (SSSR count). The van der Waals surface area contributed by atoms with Crippen molar-refractivity contribution in [1.82, 2.24) is 5.32 Å². The molecular formula is C16H25N. The molecule has 0 spiro atoms. The highest BCUT2D eigenvalue weighted by Gasteiger charge is 2.21. The molecule has 0 unspecified atom stereocenters. The van der Waals surface area contributed by atoms with Gasteiger partial charge in [-0.2, -0.15) is 0 Å². The maximum absolute atomic E-state index is 3.36. The summed E-state index contributed by atoms with van der Waals surface area (Å²) in [5, 5.41) is 3.36. The molecule has 0 bridgehead atoms. The van der Waals surface area contributed by atoms with Crippen molar-refractivity contribution in [2.24, 2.45) is 5.92 Å². The minimum atomic E-state index is 0.256. The zero-order chi connectivity index (χ0) is 12.6. The third-order valence-corrected chi connectivity index (χ3v) is 3.92. The maximum atomic E-state index is 3.36. The Hall–Kier alpha value is -0.820. The van der Waals surface area contributed by atoms with Crippen LogP contribution in [0.3, 0.4) is 0 Å². The third-order valence-electron chi connectivity index (χ3n) is 3.92. The van der Waals surface area contributed by atoms with Crippen molar-refractivity contribution in [1.29, 1.82) is 0 Å². The van der Waals surface area contributed by atoms with Crippen LogP contribution in [0.1, 0.15) is 43.0 Å². The van der Waals surface area contributed by atoms with Gasteiger partial charge in [-0.25, -0.2) is 0 Å². The average molecular weight is 231 g/mol. The summed E-state index contributed by atoms with van der Waals surface area (Å²) in [4.78, 5) is 0. The molecule has 0 amide bonds. The van der Waals surface area contributed by atoms with E-state index in [0.29, 0.717) is 0 Å². The number of rotatable bonds is 2. The first-order valence-corrected chi connectivity index (χ1v) is 6.69. The minimum Gasteiger partial charge on any atom is -0.316 e. The number of aryl methyl sites for hydroxylation is 2. The van der Waals surface area contributed by atoms with Crippen LogP contribution >= 0.6 is 0 Å². The van der Waals surface area contributed by atoms with E-state index in [1.54, 1.807) is 5.56 Å². The van der Waals surface area contributed by atoms with Crippen molar-refractivity contribution in [3.05, 3.63) is 34.4 Å². The van der Waals surface area contributed by atoms with Crippen LogP contribution in [0.15, 0.2) is 12.1 Å². The zero-order valence-electron chi connectivity index (χ0n) is 11.9. The molecule has 1 N–H and O–H groups in total. The Morgan fingerprint density at radius 3 is 2.00 bits per heavy atom. The third kappa shape index (κ3) is 2.71. The molecule has 94 valence electrons. The summed E-state index contributed by atoms with van der Waals surface area (Å²) in [6.45, 7) is 13.8. The summed E-state index contributed by atoms with van der Waals surface area (Å²) in [7, 11) is 0. The van der Waals surface area contributed by atoms with Crippen LogP contribution in [0.2, 0.25) is 0 Å². The average Bonchev–Trinajstić information content (AvgIpc) is 2.12. The van der Waals surface area contributed by atoms with E-state index in [4.69, 9.17) is 0 Å². The van der Waals surface area contributed by atoms with Gasteiger partial charge < -0.3 is 5.32 Å². The topological polar surface area (TPSA) is 12.0 Å². The Bertz CT molecular complexity index is 385. The summed E-state index contributed by atoms with van der Waals surface area (Å²) in [6, 6.07) is 4.77. The Balaban J connectivity index is 2.28. The number of hydrogen-bond donors (Lipinski definition) is 1. The van der Waals surface area contributed by atoms with E-state index in [0.717, 1.165) is 5.92 Å². The van der Waals surface area contributed by atoms with Crippen LogP contribution in [0, 0.1) is 19.8 Å². The Kier molecular flexibility index (Phi) is 3.31. The molecule has 0 radical (unpaired) electrons. The van der Waals surface area contributed by atoms with Gasteiger partial charge in [0.15, 0.2) is 0 Å². The Morgan fingerprint density at radius 1 is 1.12 bits per heavy atom. The molecule has 1 aliphatic rings. The van der Waals surface area contributed by atoms with Gasteiger partial charge in [0.25, 0.3) is 0 Å². The predicted molar refractivity (Wildman–Crippen MR) is 74.7 cm³/mol. The van der Waals surface area contributed by atoms with Gasteiger partial charge >= 0.3 is 0 Å². The first kappa shape index (κ1) is 12.6. The van der Waals surface area contributed by atoms with E-state index >= 15 is 0 Å². The molecular weight excluding hydrogens is 206 g/mol. The molecule has 1 heteroatoms. The van der Waals surface area contributed by atoms with E-state index in [1.807, 2.05) is 0 Å². The van der Waals surface area contributed by atoms with Crippen molar-refractivity contribution in [2.75, 3.05) is 13.1 Å². The highest BCUT2D eigenvalue weighted by atomic mass is 14.9. The maximum Gasteiger partial charge on any atom is -0.000506 e. The summed E-state index contributed by atoms with van der Waals surface area (Å²) >= 11 is 0. The summed E-state index contributed by atoms with van der Waals surface area (Å²) in [5.74, 6) is 0.855. The number of nitrogens with one attached hydrogen (secondary N) is 1. The fraction of sp³-hybridized carbons (Fsp3) is 0.625. The summed E-state index contributed by atoms with van der Waals surface area (Å²) in [5.41, 5.74) is 6.24. The lowest BCUT2D eigenvalue weighted by molar-refractivity contribution is 0.345. The van der Waals surface area contributed by atoms with E-state index in [-0.39, 0.29) is 5.41 Å². The van der Waals surface area contributed by atoms with Gasteiger partial charge in [-0.15, -0.1) is 0 Å². The van der Waals surface area contributed by atoms with Crippen molar-refractivity contribution in [3.8, 4) is 0 Å².